The molecular weight excluding hydrogens is 421 g/mol. The molecule has 0 saturated carbocycles. The van der Waals surface area contributed by atoms with Crippen molar-refractivity contribution in [2.45, 2.75) is 16.7 Å². The standard InChI is InChI=1S/C20H14FN7S2/c1-2-11-27-19(15-8-5-12-29-15)24-25-20(27)30-17-10-9-16-22-23-18(28(16)26-17)13-6-3-4-7-14(13)21/h2-10,12H,1,11H2. The number of thiophene rings is 1. The molecule has 7 nitrogen and oxygen atoms in total. The van der Waals surface area contributed by atoms with Crippen LogP contribution in [0.25, 0.3) is 27.7 Å². The van der Waals surface area contributed by atoms with Crippen molar-refractivity contribution < 1.29 is 4.39 Å². The van der Waals surface area contributed by atoms with Crippen LogP contribution in [0.5, 0.6) is 0 Å². The zero-order valence-electron chi connectivity index (χ0n) is 15.5. The number of allylic oxidation sites excluding steroid dienone is 1. The van der Waals surface area contributed by atoms with Gasteiger partial charge in [-0.1, -0.05) is 24.3 Å². The summed E-state index contributed by atoms with van der Waals surface area (Å²) in [7, 11) is 0. The van der Waals surface area contributed by atoms with E-state index in [0.717, 1.165) is 10.7 Å². The molecular formula is C20H14FN7S2. The van der Waals surface area contributed by atoms with Crippen LogP contribution >= 0.6 is 23.1 Å². The number of nitrogens with zero attached hydrogens (tertiary/aromatic N) is 7. The van der Waals surface area contributed by atoms with Gasteiger partial charge < -0.3 is 0 Å². The van der Waals surface area contributed by atoms with Gasteiger partial charge in [0.05, 0.1) is 10.4 Å². The quantitative estimate of drug-likeness (QED) is 0.363. The second-order valence-electron chi connectivity index (χ2n) is 6.23. The Labute approximate surface area is 178 Å². The summed E-state index contributed by atoms with van der Waals surface area (Å²) in [5.41, 5.74) is 0.874. The van der Waals surface area contributed by atoms with Crippen LogP contribution in [0, 0.1) is 5.82 Å². The van der Waals surface area contributed by atoms with E-state index in [-0.39, 0.29) is 5.82 Å². The predicted molar refractivity (Wildman–Crippen MR) is 114 cm³/mol. The first-order chi connectivity index (χ1) is 14.7. The van der Waals surface area contributed by atoms with Gasteiger partial charge in [-0.05, 0) is 47.5 Å². The molecule has 10 heteroatoms. The van der Waals surface area contributed by atoms with Gasteiger partial charge in [-0.3, -0.25) is 4.57 Å². The van der Waals surface area contributed by atoms with Crippen molar-refractivity contribution in [2.75, 3.05) is 0 Å². The molecule has 1 aromatic carbocycles. The van der Waals surface area contributed by atoms with Crippen LogP contribution in [0.2, 0.25) is 0 Å². The largest absolute Gasteiger partial charge is 0.297 e. The van der Waals surface area contributed by atoms with E-state index in [1.54, 1.807) is 41.7 Å². The average Bonchev–Trinajstić information content (AvgIpc) is 3.49. The van der Waals surface area contributed by atoms with Gasteiger partial charge >= 0.3 is 0 Å². The van der Waals surface area contributed by atoms with E-state index in [0.29, 0.717) is 33.8 Å². The maximum absolute atomic E-state index is 14.3. The van der Waals surface area contributed by atoms with E-state index >= 15 is 0 Å². The highest BCUT2D eigenvalue weighted by Gasteiger charge is 2.17. The molecule has 0 fully saturated rings. The highest BCUT2D eigenvalue weighted by Crippen LogP contribution is 2.31. The van der Waals surface area contributed by atoms with Crippen molar-refractivity contribution >= 4 is 28.7 Å². The van der Waals surface area contributed by atoms with E-state index in [2.05, 4.69) is 32.1 Å². The number of benzene rings is 1. The Bertz CT molecular complexity index is 1340. The summed E-state index contributed by atoms with van der Waals surface area (Å²) in [4.78, 5) is 1.03. The van der Waals surface area contributed by atoms with Crippen molar-refractivity contribution in [1.82, 2.24) is 34.6 Å². The molecule has 4 aromatic heterocycles. The molecule has 0 radical (unpaired) electrons. The Balaban J connectivity index is 1.54. The SMILES string of the molecule is C=CCn1c(Sc2ccc3nnc(-c4ccccc4F)n3n2)nnc1-c1cccs1. The fourth-order valence-corrected chi connectivity index (χ4v) is 4.49. The zero-order chi connectivity index (χ0) is 20.5. The van der Waals surface area contributed by atoms with Gasteiger partial charge in [-0.15, -0.1) is 38.3 Å². The second kappa shape index (κ2) is 7.81. The van der Waals surface area contributed by atoms with Crippen LogP contribution in [-0.2, 0) is 6.54 Å². The molecule has 148 valence electrons. The third kappa shape index (κ3) is 3.29. The minimum Gasteiger partial charge on any atom is -0.297 e. The zero-order valence-corrected chi connectivity index (χ0v) is 17.1. The highest BCUT2D eigenvalue weighted by molar-refractivity contribution is 7.99. The summed E-state index contributed by atoms with van der Waals surface area (Å²) in [6.07, 6.45) is 1.80. The van der Waals surface area contributed by atoms with Gasteiger partial charge in [0.15, 0.2) is 22.5 Å². The molecule has 0 amide bonds. The highest BCUT2D eigenvalue weighted by atomic mass is 32.2. The monoisotopic (exact) mass is 435 g/mol. The molecule has 4 heterocycles. The topological polar surface area (TPSA) is 73.8 Å². The molecule has 5 aromatic rings. The van der Waals surface area contributed by atoms with Crippen molar-refractivity contribution in [2.24, 2.45) is 0 Å². The lowest BCUT2D eigenvalue weighted by atomic mass is 10.2. The molecule has 0 atom stereocenters. The number of hydrogen-bond acceptors (Lipinski definition) is 7. The van der Waals surface area contributed by atoms with Gasteiger partial charge in [0, 0.05) is 6.54 Å². The summed E-state index contributed by atoms with van der Waals surface area (Å²) < 4.78 is 17.8. The average molecular weight is 436 g/mol. The van der Waals surface area contributed by atoms with Gasteiger partial charge in [0.2, 0.25) is 0 Å². The third-order valence-electron chi connectivity index (χ3n) is 4.32. The molecule has 30 heavy (non-hydrogen) atoms. The van der Waals surface area contributed by atoms with Gasteiger partial charge in [0.1, 0.15) is 10.8 Å². The first-order valence-corrected chi connectivity index (χ1v) is 10.7. The summed E-state index contributed by atoms with van der Waals surface area (Å²) >= 11 is 2.96. The molecule has 0 aliphatic rings. The fraction of sp³-hybridized carbons (Fsp3) is 0.0500. The van der Waals surface area contributed by atoms with E-state index in [1.165, 1.54) is 22.3 Å². The summed E-state index contributed by atoms with van der Waals surface area (Å²) in [5.74, 6) is 0.750. The van der Waals surface area contributed by atoms with Crippen molar-refractivity contribution in [3.63, 3.8) is 0 Å². The first kappa shape index (κ1) is 18.6. The van der Waals surface area contributed by atoms with Gasteiger partial charge in [-0.25, -0.2) is 4.39 Å². The molecule has 0 aliphatic heterocycles. The summed E-state index contributed by atoms with van der Waals surface area (Å²) in [6.45, 7) is 4.41. The molecule has 0 N–H and O–H groups in total. The number of aromatic nitrogens is 7. The lowest BCUT2D eigenvalue weighted by molar-refractivity contribution is 0.629. The van der Waals surface area contributed by atoms with Crippen LogP contribution in [0.15, 0.2) is 76.7 Å². The Hall–Kier alpha value is -3.37. The van der Waals surface area contributed by atoms with E-state index < -0.39 is 0 Å². The minimum atomic E-state index is -0.377. The van der Waals surface area contributed by atoms with Crippen molar-refractivity contribution in [3.05, 3.63) is 72.4 Å². The maximum Gasteiger partial charge on any atom is 0.198 e. The fourth-order valence-electron chi connectivity index (χ4n) is 2.98. The molecule has 0 spiro atoms. The smallest absolute Gasteiger partial charge is 0.198 e. The van der Waals surface area contributed by atoms with E-state index in [1.807, 2.05) is 28.1 Å². The van der Waals surface area contributed by atoms with E-state index in [9.17, 15) is 4.39 Å². The van der Waals surface area contributed by atoms with E-state index in [4.69, 9.17) is 0 Å². The second-order valence-corrected chi connectivity index (χ2v) is 8.17. The Morgan fingerprint density at radius 2 is 1.87 bits per heavy atom. The number of rotatable bonds is 6. The van der Waals surface area contributed by atoms with Crippen LogP contribution in [0.4, 0.5) is 4.39 Å². The van der Waals surface area contributed by atoms with Crippen LogP contribution in [-0.4, -0.2) is 34.6 Å². The maximum atomic E-state index is 14.3. The predicted octanol–water partition coefficient (Wildman–Crippen LogP) is 4.59. The molecule has 0 bridgehead atoms. The molecule has 0 aliphatic carbocycles. The minimum absolute atomic E-state index is 0.342. The summed E-state index contributed by atoms with van der Waals surface area (Å²) in [5, 5.41) is 24.9. The lowest BCUT2D eigenvalue weighted by Gasteiger charge is -2.06. The summed E-state index contributed by atoms with van der Waals surface area (Å²) in [6, 6.07) is 14.0. The molecule has 5 rings (SSSR count). The van der Waals surface area contributed by atoms with Crippen LogP contribution in [0.1, 0.15) is 0 Å². The van der Waals surface area contributed by atoms with Crippen LogP contribution in [0.3, 0.4) is 0 Å². The normalized spacial score (nSPS) is 11.2. The van der Waals surface area contributed by atoms with Crippen molar-refractivity contribution in [3.8, 4) is 22.1 Å². The Kier molecular flexibility index (Phi) is 4.85. The van der Waals surface area contributed by atoms with Crippen molar-refractivity contribution in [1.29, 1.82) is 0 Å². The lowest BCUT2D eigenvalue weighted by Crippen LogP contribution is -2.01. The third-order valence-corrected chi connectivity index (χ3v) is 6.10. The number of fused-ring (bicyclic) bond motifs is 1. The number of halogens is 1. The number of hydrogen-bond donors (Lipinski definition) is 0. The Morgan fingerprint density at radius 1 is 1.00 bits per heavy atom. The Morgan fingerprint density at radius 3 is 2.67 bits per heavy atom. The van der Waals surface area contributed by atoms with Gasteiger partial charge in [-0.2, -0.15) is 9.61 Å². The van der Waals surface area contributed by atoms with Crippen LogP contribution < -0.4 is 0 Å². The molecule has 0 saturated heterocycles. The first-order valence-electron chi connectivity index (χ1n) is 8.98. The van der Waals surface area contributed by atoms with Gasteiger partial charge in [0.25, 0.3) is 0 Å². The molecule has 0 unspecified atom stereocenters.